The summed E-state index contributed by atoms with van der Waals surface area (Å²) in [4.78, 5) is 2.09. The number of nitrogens with two attached hydrogens (primary N) is 1. The van der Waals surface area contributed by atoms with Crippen LogP contribution in [0.15, 0.2) is 45.9 Å². The molecule has 0 radical (unpaired) electrons. The summed E-state index contributed by atoms with van der Waals surface area (Å²) < 4.78 is 5.17. The van der Waals surface area contributed by atoms with Gasteiger partial charge in [-0.2, -0.15) is 15.8 Å². The molecule has 0 fully saturated rings. The Bertz CT molecular complexity index is 819. The zero-order chi connectivity index (χ0) is 19.3. The highest BCUT2D eigenvalue weighted by atomic mass is 16.3. The van der Waals surface area contributed by atoms with Crippen LogP contribution in [0.4, 0.5) is 0 Å². The first-order chi connectivity index (χ1) is 12.5. The van der Waals surface area contributed by atoms with Crippen molar-refractivity contribution >= 4 is 0 Å². The lowest BCUT2D eigenvalue weighted by atomic mass is 9.58. The van der Waals surface area contributed by atoms with E-state index in [-0.39, 0.29) is 23.8 Å². The van der Waals surface area contributed by atoms with Gasteiger partial charge in [0, 0.05) is 31.5 Å². The molecule has 2 heterocycles. The van der Waals surface area contributed by atoms with Gasteiger partial charge in [-0.3, -0.25) is 0 Å². The minimum Gasteiger partial charge on any atom is -0.472 e. The summed E-state index contributed by atoms with van der Waals surface area (Å²) in [6, 6.07) is 8.02. The SMILES string of the molecule is CCO.CN1CC=C2C(C#N)=C(N)C(C#N)(C#N)C(c3ccoc3)C2C1. The van der Waals surface area contributed by atoms with Crippen LogP contribution in [0.2, 0.25) is 0 Å². The fourth-order valence-electron chi connectivity index (χ4n) is 3.65. The molecule has 7 nitrogen and oxygen atoms in total. The second kappa shape index (κ2) is 7.89. The van der Waals surface area contributed by atoms with Gasteiger partial charge in [-0.05, 0) is 31.2 Å². The highest BCUT2D eigenvalue weighted by Gasteiger charge is 2.54. The van der Waals surface area contributed by atoms with Crippen molar-refractivity contribution in [3.05, 3.63) is 47.1 Å². The molecule has 1 aromatic heterocycles. The Labute approximate surface area is 152 Å². The maximum Gasteiger partial charge on any atom is 0.191 e. The second-order valence-electron chi connectivity index (χ2n) is 6.27. The molecule has 0 saturated carbocycles. The summed E-state index contributed by atoms with van der Waals surface area (Å²) in [5.74, 6) is -0.630. The molecule has 1 aliphatic carbocycles. The molecule has 3 rings (SSSR count). The number of hydrogen-bond donors (Lipinski definition) is 2. The summed E-state index contributed by atoms with van der Waals surface area (Å²) in [7, 11) is 1.97. The van der Waals surface area contributed by atoms with E-state index in [0.29, 0.717) is 13.1 Å². The van der Waals surface area contributed by atoms with E-state index in [1.807, 2.05) is 13.1 Å². The van der Waals surface area contributed by atoms with Crippen LogP contribution in [0, 0.1) is 45.3 Å². The van der Waals surface area contributed by atoms with Crippen LogP contribution >= 0.6 is 0 Å². The molecule has 0 saturated heterocycles. The highest BCUT2D eigenvalue weighted by Crippen LogP contribution is 2.53. The molecule has 1 aliphatic heterocycles. The number of nitrogens with zero attached hydrogens (tertiary/aromatic N) is 4. The lowest BCUT2D eigenvalue weighted by molar-refractivity contribution is 0.237. The van der Waals surface area contributed by atoms with Gasteiger partial charge in [-0.25, -0.2) is 0 Å². The van der Waals surface area contributed by atoms with Gasteiger partial charge in [0.1, 0.15) is 6.07 Å². The van der Waals surface area contributed by atoms with Crippen molar-refractivity contribution in [1.29, 1.82) is 15.8 Å². The number of nitriles is 3. The first-order valence-electron chi connectivity index (χ1n) is 8.25. The quantitative estimate of drug-likeness (QED) is 0.785. The van der Waals surface area contributed by atoms with Gasteiger partial charge in [0.05, 0.1) is 35.9 Å². The fraction of sp³-hybridized carbons (Fsp3) is 0.421. The lowest BCUT2D eigenvalue weighted by Crippen LogP contribution is -2.47. The molecule has 0 spiro atoms. The first kappa shape index (κ1) is 19.3. The number of likely N-dealkylation sites (N-methyl/N-ethyl adjacent to an activating group) is 1. The van der Waals surface area contributed by atoms with Crippen molar-refractivity contribution in [2.24, 2.45) is 17.1 Å². The predicted molar refractivity (Wildman–Crippen MR) is 93.8 cm³/mol. The van der Waals surface area contributed by atoms with Gasteiger partial charge < -0.3 is 20.2 Å². The summed E-state index contributed by atoms with van der Waals surface area (Å²) in [6.45, 7) is 3.28. The summed E-state index contributed by atoms with van der Waals surface area (Å²) >= 11 is 0. The minimum atomic E-state index is -1.57. The predicted octanol–water partition coefficient (Wildman–Crippen LogP) is 1.63. The Morgan fingerprint density at radius 3 is 2.54 bits per heavy atom. The van der Waals surface area contributed by atoms with Crippen LogP contribution in [0.3, 0.4) is 0 Å². The molecule has 0 bridgehead atoms. The Kier molecular flexibility index (Phi) is 5.85. The van der Waals surface area contributed by atoms with Gasteiger partial charge in [0.2, 0.25) is 0 Å². The molecule has 1 aromatic rings. The summed E-state index contributed by atoms with van der Waals surface area (Å²) in [5, 5.41) is 36.7. The number of rotatable bonds is 1. The number of aliphatic hydroxyl groups is 1. The molecule has 134 valence electrons. The second-order valence-corrected chi connectivity index (χ2v) is 6.27. The fourth-order valence-corrected chi connectivity index (χ4v) is 3.65. The van der Waals surface area contributed by atoms with E-state index in [9.17, 15) is 15.8 Å². The highest BCUT2D eigenvalue weighted by molar-refractivity contribution is 5.59. The number of fused-ring (bicyclic) bond motifs is 1. The van der Waals surface area contributed by atoms with E-state index in [1.165, 1.54) is 6.26 Å². The van der Waals surface area contributed by atoms with Crippen LogP contribution in [-0.4, -0.2) is 36.8 Å². The third-order valence-corrected chi connectivity index (χ3v) is 4.75. The first-order valence-corrected chi connectivity index (χ1v) is 8.25. The molecule has 0 aromatic carbocycles. The molecule has 2 aliphatic rings. The normalized spacial score (nSPS) is 24.1. The van der Waals surface area contributed by atoms with Crippen LogP contribution in [0.25, 0.3) is 0 Å². The monoisotopic (exact) mass is 351 g/mol. The minimum absolute atomic E-state index is 0.0447. The van der Waals surface area contributed by atoms with Crippen LogP contribution in [-0.2, 0) is 0 Å². The van der Waals surface area contributed by atoms with E-state index in [4.69, 9.17) is 15.3 Å². The van der Waals surface area contributed by atoms with Crippen molar-refractivity contribution in [1.82, 2.24) is 4.90 Å². The molecule has 3 N–H and O–H groups in total. The molecule has 7 heteroatoms. The van der Waals surface area contributed by atoms with Gasteiger partial charge >= 0.3 is 0 Å². The number of aliphatic hydroxyl groups excluding tert-OH is 1. The van der Waals surface area contributed by atoms with E-state index < -0.39 is 11.3 Å². The van der Waals surface area contributed by atoms with Crippen molar-refractivity contribution in [3.8, 4) is 18.2 Å². The number of furan rings is 1. The lowest BCUT2D eigenvalue weighted by Gasteiger charge is -2.44. The van der Waals surface area contributed by atoms with Gasteiger partial charge in [0.25, 0.3) is 0 Å². The Morgan fingerprint density at radius 1 is 1.38 bits per heavy atom. The van der Waals surface area contributed by atoms with E-state index in [2.05, 4.69) is 23.1 Å². The van der Waals surface area contributed by atoms with Gasteiger partial charge in [-0.1, -0.05) is 6.08 Å². The molecule has 2 atom stereocenters. The Balaban J connectivity index is 0.000000758. The van der Waals surface area contributed by atoms with Crippen molar-refractivity contribution in [2.75, 3.05) is 26.7 Å². The summed E-state index contributed by atoms with van der Waals surface area (Å²) in [5.41, 5.74) is 6.47. The zero-order valence-electron chi connectivity index (χ0n) is 14.8. The number of hydrogen-bond acceptors (Lipinski definition) is 7. The van der Waals surface area contributed by atoms with Gasteiger partial charge in [0.15, 0.2) is 5.41 Å². The average molecular weight is 351 g/mol. The molecule has 2 unspecified atom stereocenters. The average Bonchev–Trinajstić information content (AvgIpc) is 3.16. The third kappa shape index (κ3) is 2.97. The standard InChI is InChI=1S/C17H15N5O.C2H6O/c1-22-4-2-12-13(6-18)16(21)17(9-19,10-20)15(14(12)7-22)11-3-5-23-8-11;1-2-3/h2-3,5,8,14-15H,4,7,21H2,1H3;3H,2H2,1H3. The van der Waals surface area contributed by atoms with Crippen LogP contribution in [0.5, 0.6) is 0 Å². The molecule has 26 heavy (non-hydrogen) atoms. The van der Waals surface area contributed by atoms with E-state index >= 15 is 0 Å². The van der Waals surface area contributed by atoms with E-state index in [1.54, 1.807) is 19.3 Å². The maximum atomic E-state index is 9.79. The largest absolute Gasteiger partial charge is 0.472 e. The molecular formula is C19H21N5O2. The van der Waals surface area contributed by atoms with Crippen molar-refractivity contribution in [2.45, 2.75) is 12.8 Å². The van der Waals surface area contributed by atoms with Crippen molar-refractivity contribution in [3.63, 3.8) is 0 Å². The molecule has 0 amide bonds. The topological polar surface area (TPSA) is 134 Å². The summed E-state index contributed by atoms with van der Waals surface area (Å²) in [6.07, 6.45) is 5.03. The third-order valence-electron chi connectivity index (χ3n) is 4.75. The van der Waals surface area contributed by atoms with Crippen molar-refractivity contribution < 1.29 is 9.52 Å². The smallest absolute Gasteiger partial charge is 0.191 e. The van der Waals surface area contributed by atoms with E-state index in [0.717, 1.165) is 11.1 Å². The van der Waals surface area contributed by atoms with Crippen LogP contribution < -0.4 is 5.73 Å². The number of allylic oxidation sites excluding steroid dienone is 2. The molecular weight excluding hydrogens is 330 g/mol. The Morgan fingerprint density at radius 2 is 2.04 bits per heavy atom. The Hall–Kier alpha value is -3.05. The zero-order valence-corrected chi connectivity index (χ0v) is 14.8. The maximum absolute atomic E-state index is 9.79. The van der Waals surface area contributed by atoms with Crippen LogP contribution in [0.1, 0.15) is 18.4 Å². The van der Waals surface area contributed by atoms with Gasteiger partial charge in [-0.15, -0.1) is 0 Å².